The Bertz CT molecular complexity index is 699. The number of aryl methyl sites for hydroxylation is 2. The lowest BCUT2D eigenvalue weighted by atomic mass is 10.3. The van der Waals surface area contributed by atoms with Gasteiger partial charge in [-0.05, 0) is 26.0 Å². The van der Waals surface area contributed by atoms with E-state index in [-0.39, 0.29) is 35.7 Å². The Hall–Kier alpha value is -1.56. The Kier molecular flexibility index (Phi) is 7.27. The summed E-state index contributed by atoms with van der Waals surface area (Å²) >= 11 is 1.52. The van der Waals surface area contributed by atoms with Crippen molar-refractivity contribution in [3.05, 3.63) is 39.8 Å². The number of guanidine groups is 1. The minimum absolute atomic E-state index is 0. The van der Waals surface area contributed by atoms with Gasteiger partial charge in [-0.1, -0.05) is 6.07 Å². The molecule has 2 aromatic rings. The van der Waals surface area contributed by atoms with Crippen molar-refractivity contribution in [2.45, 2.75) is 26.8 Å². The van der Waals surface area contributed by atoms with Gasteiger partial charge in [0.15, 0.2) is 5.96 Å². The lowest BCUT2D eigenvalue weighted by molar-refractivity contribution is -0.274. The molecule has 5 nitrogen and oxygen atoms in total. The van der Waals surface area contributed by atoms with Crippen LogP contribution >= 0.6 is 35.3 Å². The SMILES string of the molecule is Cc1nc(CN=C(N)Nc2cccc(OC(F)(F)F)c2)sc1C.I. The van der Waals surface area contributed by atoms with Gasteiger partial charge in [0, 0.05) is 16.6 Å². The highest BCUT2D eigenvalue weighted by Crippen LogP contribution is 2.25. The predicted molar refractivity (Wildman–Crippen MR) is 99.1 cm³/mol. The summed E-state index contributed by atoms with van der Waals surface area (Å²) in [6, 6.07) is 5.37. The maximum atomic E-state index is 12.2. The van der Waals surface area contributed by atoms with Crippen LogP contribution in [0.4, 0.5) is 18.9 Å². The summed E-state index contributed by atoms with van der Waals surface area (Å²) in [5.41, 5.74) is 7.02. The standard InChI is InChI=1S/C14H15F3N4OS.HI/c1-8-9(2)23-12(20-8)7-19-13(18)21-10-4-3-5-11(6-10)22-14(15,16)17;/h3-6H,7H2,1-2H3,(H3,18,19,21);1H. The van der Waals surface area contributed by atoms with Gasteiger partial charge in [0.1, 0.15) is 10.8 Å². The zero-order valence-electron chi connectivity index (χ0n) is 12.8. The van der Waals surface area contributed by atoms with E-state index < -0.39 is 6.36 Å². The molecule has 0 spiro atoms. The second-order valence-electron chi connectivity index (χ2n) is 4.65. The molecule has 0 unspecified atom stereocenters. The number of aliphatic imine (C=N–C) groups is 1. The van der Waals surface area contributed by atoms with Crippen LogP contribution < -0.4 is 15.8 Å². The summed E-state index contributed by atoms with van der Waals surface area (Å²) in [6.07, 6.45) is -4.74. The van der Waals surface area contributed by atoms with E-state index in [4.69, 9.17) is 5.73 Å². The lowest BCUT2D eigenvalue weighted by Crippen LogP contribution is -2.23. The van der Waals surface area contributed by atoms with E-state index in [1.54, 1.807) is 6.07 Å². The zero-order chi connectivity index (χ0) is 17.0. The number of aromatic nitrogens is 1. The van der Waals surface area contributed by atoms with Crippen molar-refractivity contribution >= 4 is 47.0 Å². The van der Waals surface area contributed by atoms with E-state index in [9.17, 15) is 13.2 Å². The van der Waals surface area contributed by atoms with Crippen molar-refractivity contribution in [1.82, 2.24) is 4.98 Å². The maximum Gasteiger partial charge on any atom is 0.573 e. The first-order valence-corrected chi connectivity index (χ1v) is 7.40. The molecule has 0 amide bonds. The zero-order valence-corrected chi connectivity index (χ0v) is 16.0. The van der Waals surface area contributed by atoms with Crippen molar-refractivity contribution < 1.29 is 17.9 Å². The van der Waals surface area contributed by atoms with Gasteiger partial charge in [-0.25, -0.2) is 9.98 Å². The highest BCUT2D eigenvalue weighted by atomic mass is 127. The largest absolute Gasteiger partial charge is 0.573 e. The molecule has 0 aliphatic carbocycles. The number of nitrogens with zero attached hydrogens (tertiary/aromatic N) is 2. The van der Waals surface area contributed by atoms with Gasteiger partial charge in [0.25, 0.3) is 0 Å². The molecule has 2 rings (SSSR count). The van der Waals surface area contributed by atoms with Crippen LogP contribution in [-0.4, -0.2) is 17.3 Å². The molecule has 0 radical (unpaired) electrons. The smallest absolute Gasteiger partial charge is 0.406 e. The molecule has 1 aromatic carbocycles. The molecular formula is C14H16F3IN4OS. The molecule has 0 saturated carbocycles. The van der Waals surface area contributed by atoms with Gasteiger partial charge >= 0.3 is 6.36 Å². The number of ether oxygens (including phenoxy) is 1. The maximum absolute atomic E-state index is 12.2. The van der Waals surface area contributed by atoms with Crippen molar-refractivity contribution in [3.63, 3.8) is 0 Å². The fraction of sp³-hybridized carbons (Fsp3) is 0.286. The fourth-order valence-electron chi connectivity index (χ4n) is 1.72. The van der Waals surface area contributed by atoms with Gasteiger partial charge < -0.3 is 15.8 Å². The monoisotopic (exact) mass is 472 g/mol. The molecule has 24 heavy (non-hydrogen) atoms. The normalized spacial score (nSPS) is 11.8. The molecule has 0 atom stereocenters. The summed E-state index contributed by atoms with van der Waals surface area (Å²) in [4.78, 5) is 9.55. The summed E-state index contributed by atoms with van der Waals surface area (Å²) in [6.45, 7) is 4.18. The van der Waals surface area contributed by atoms with Gasteiger partial charge in [-0.2, -0.15) is 0 Å². The van der Waals surface area contributed by atoms with E-state index in [0.29, 0.717) is 12.2 Å². The number of benzene rings is 1. The van der Waals surface area contributed by atoms with Gasteiger partial charge in [0.05, 0.1) is 12.2 Å². The first kappa shape index (κ1) is 20.5. The van der Waals surface area contributed by atoms with Crippen LogP contribution in [0.5, 0.6) is 5.75 Å². The third-order valence-electron chi connectivity index (χ3n) is 2.80. The Balaban J connectivity index is 0.00000288. The summed E-state index contributed by atoms with van der Waals surface area (Å²) in [7, 11) is 0. The fourth-order valence-corrected chi connectivity index (χ4v) is 2.58. The molecule has 0 aliphatic heterocycles. The number of halogens is 4. The van der Waals surface area contributed by atoms with Crippen molar-refractivity contribution in [1.29, 1.82) is 0 Å². The molecule has 132 valence electrons. The summed E-state index contributed by atoms with van der Waals surface area (Å²) in [5, 5.41) is 3.54. The quantitative estimate of drug-likeness (QED) is 0.398. The molecular weight excluding hydrogens is 456 g/mol. The van der Waals surface area contributed by atoms with Crippen LogP contribution in [-0.2, 0) is 6.54 Å². The third kappa shape index (κ3) is 6.51. The number of nitrogens with two attached hydrogens (primary N) is 1. The second kappa shape index (κ2) is 8.51. The van der Waals surface area contributed by atoms with E-state index >= 15 is 0 Å². The number of thiazole rings is 1. The molecule has 0 aliphatic rings. The summed E-state index contributed by atoms with van der Waals surface area (Å²) in [5.74, 6) is -0.249. The van der Waals surface area contributed by atoms with Crippen LogP contribution in [0.25, 0.3) is 0 Å². The number of hydrogen-bond donors (Lipinski definition) is 2. The lowest BCUT2D eigenvalue weighted by Gasteiger charge is -2.10. The third-order valence-corrected chi connectivity index (χ3v) is 3.86. The summed E-state index contributed by atoms with van der Waals surface area (Å²) < 4.78 is 40.4. The second-order valence-corrected chi connectivity index (χ2v) is 5.94. The Labute approximate surface area is 158 Å². The number of alkyl halides is 3. The van der Waals surface area contributed by atoms with Crippen molar-refractivity contribution in [2.75, 3.05) is 5.32 Å². The number of nitrogens with one attached hydrogen (secondary N) is 1. The number of hydrogen-bond acceptors (Lipinski definition) is 4. The van der Waals surface area contributed by atoms with Crippen molar-refractivity contribution in [3.8, 4) is 5.75 Å². The minimum Gasteiger partial charge on any atom is -0.406 e. The van der Waals surface area contributed by atoms with E-state index in [1.165, 1.54) is 29.5 Å². The van der Waals surface area contributed by atoms with Crippen LogP contribution in [0.15, 0.2) is 29.3 Å². The van der Waals surface area contributed by atoms with Crippen LogP contribution in [0, 0.1) is 13.8 Å². The molecule has 10 heteroatoms. The Morgan fingerprint density at radius 2 is 2.08 bits per heavy atom. The van der Waals surface area contributed by atoms with Crippen LogP contribution in [0.3, 0.4) is 0 Å². The minimum atomic E-state index is -4.74. The molecule has 1 heterocycles. The van der Waals surface area contributed by atoms with Crippen LogP contribution in [0.2, 0.25) is 0 Å². The highest BCUT2D eigenvalue weighted by molar-refractivity contribution is 14.0. The Morgan fingerprint density at radius 3 is 2.67 bits per heavy atom. The van der Waals surface area contributed by atoms with Gasteiger partial charge in [-0.3, -0.25) is 0 Å². The van der Waals surface area contributed by atoms with Crippen LogP contribution in [0.1, 0.15) is 15.6 Å². The van der Waals surface area contributed by atoms with Gasteiger partial charge in [0.2, 0.25) is 0 Å². The number of rotatable bonds is 4. The van der Waals surface area contributed by atoms with Gasteiger partial charge in [-0.15, -0.1) is 48.5 Å². The molecule has 0 fully saturated rings. The topological polar surface area (TPSA) is 72.5 Å². The van der Waals surface area contributed by atoms with Crippen molar-refractivity contribution in [2.24, 2.45) is 10.7 Å². The highest BCUT2D eigenvalue weighted by Gasteiger charge is 2.31. The number of anilines is 1. The molecule has 3 N–H and O–H groups in total. The van der Waals surface area contributed by atoms with E-state index in [1.807, 2.05) is 13.8 Å². The Morgan fingerprint density at radius 1 is 1.38 bits per heavy atom. The molecule has 0 bridgehead atoms. The first-order chi connectivity index (χ1) is 10.7. The first-order valence-electron chi connectivity index (χ1n) is 6.58. The molecule has 1 aromatic heterocycles. The molecule has 0 saturated heterocycles. The average Bonchev–Trinajstić information content (AvgIpc) is 2.74. The van der Waals surface area contributed by atoms with E-state index in [2.05, 4.69) is 20.0 Å². The average molecular weight is 472 g/mol. The van der Waals surface area contributed by atoms with E-state index in [0.717, 1.165) is 15.6 Å². The predicted octanol–water partition coefficient (Wildman–Crippen LogP) is 4.20.